The quantitative estimate of drug-likeness (QED) is 0.792. The molecule has 1 aliphatic heterocycles. The molecule has 4 heteroatoms. The number of rotatable bonds is 6. The lowest BCUT2D eigenvalue weighted by molar-refractivity contribution is -0.119. The third-order valence-electron chi connectivity index (χ3n) is 4.65. The molecule has 2 rings (SSSR count). The smallest absolute Gasteiger partial charge is 0.230 e. The molecule has 2 aliphatic rings. The average Bonchev–Trinajstić information content (AvgIpc) is 2.49. The Morgan fingerprint density at radius 2 is 1.85 bits per heavy atom. The maximum atomic E-state index is 12.0. The van der Waals surface area contributed by atoms with Crippen molar-refractivity contribution in [2.75, 3.05) is 18.8 Å². The van der Waals surface area contributed by atoms with E-state index in [1.807, 2.05) is 11.8 Å². The highest BCUT2D eigenvalue weighted by Crippen LogP contribution is 2.28. The Hall–Kier alpha value is -0.220. The van der Waals surface area contributed by atoms with Gasteiger partial charge in [-0.25, -0.2) is 0 Å². The molecule has 20 heavy (non-hydrogen) atoms. The molecule has 0 radical (unpaired) electrons. The van der Waals surface area contributed by atoms with Crippen LogP contribution in [0.15, 0.2) is 0 Å². The van der Waals surface area contributed by atoms with E-state index < -0.39 is 0 Å². The Morgan fingerprint density at radius 1 is 1.15 bits per heavy atom. The van der Waals surface area contributed by atoms with Crippen LogP contribution in [0.4, 0.5) is 0 Å². The largest absolute Gasteiger partial charge is 0.353 e. The van der Waals surface area contributed by atoms with Crippen molar-refractivity contribution in [1.82, 2.24) is 10.6 Å². The highest BCUT2D eigenvalue weighted by Gasteiger charge is 2.22. The average molecular weight is 298 g/mol. The molecule has 0 aromatic carbocycles. The molecule has 1 amide bonds. The predicted molar refractivity (Wildman–Crippen MR) is 87.1 cm³/mol. The summed E-state index contributed by atoms with van der Waals surface area (Å²) < 4.78 is 0. The Morgan fingerprint density at radius 3 is 2.50 bits per heavy atom. The summed E-state index contributed by atoms with van der Waals surface area (Å²) in [5.41, 5.74) is 0. The standard InChI is InChI=1S/C16H30N2OS/c1-2-3-13-4-6-14(7-5-13)18-16(19)12-20-15-8-10-17-11-9-15/h13-15,17H,2-12H2,1H3,(H,18,19). The van der Waals surface area contributed by atoms with Gasteiger partial charge < -0.3 is 10.6 Å². The molecule has 2 N–H and O–H groups in total. The molecule has 0 aromatic rings. The lowest BCUT2D eigenvalue weighted by Crippen LogP contribution is -2.39. The molecule has 116 valence electrons. The second kappa shape index (κ2) is 8.93. The van der Waals surface area contributed by atoms with E-state index >= 15 is 0 Å². The van der Waals surface area contributed by atoms with Crippen LogP contribution in [0.25, 0.3) is 0 Å². The van der Waals surface area contributed by atoms with Crippen LogP contribution in [0.2, 0.25) is 0 Å². The minimum Gasteiger partial charge on any atom is -0.353 e. The van der Waals surface area contributed by atoms with Gasteiger partial charge in [-0.2, -0.15) is 0 Å². The summed E-state index contributed by atoms with van der Waals surface area (Å²) in [5.74, 6) is 1.82. The highest BCUT2D eigenvalue weighted by molar-refractivity contribution is 8.00. The first-order valence-electron chi connectivity index (χ1n) is 8.39. The van der Waals surface area contributed by atoms with Crippen molar-refractivity contribution in [3.63, 3.8) is 0 Å². The van der Waals surface area contributed by atoms with Crippen LogP contribution in [-0.2, 0) is 4.79 Å². The zero-order valence-corrected chi connectivity index (χ0v) is 13.6. The van der Waals surface area contributed by atoms with Crippen LogP contribution >= 0.6 is 11.8 Å². The van der Waals surface area contributed by atoms with E-state index in [2.05, 4.69) is 17.6 Å². The molecular weight excluding hydrogens is 268 g/mol. The van der Waals surface area contributed by atoms with E-state index in [0.717, 1.165) is 19.0 Å². The van der Waals surface area contributed by atoms with Gasteiger partial charge in [0.25, 0.3) is 0 Å². The molecular formula is C16H30N2OS. The van der Waals surface area contributed by atoms with E-state index in [-0.39, 0.29) is 5.91 Å². The molecule has 1 saturated carbocycles. The van der Waals surface area contributed by atoms with Gasteiger partial charge in [-0.3, -0.25) is 4.79 Å². The van der Waals surface area contributed by atoms with Crippen molar-refractivity contribution in [2.24, 2.45) is 5.92 Å². The minimum atomic E-state index is 0.257. The number of piperidine rings is 1. The second-order valence-corrected chi connectivity index (χ2v) is 7.62. The first kappa shape index (κ1) is 16.2. The summed E-state index contributed by atoms with van der Waals surface area (Å²) in [4.78, 5) is 12.0. The third kappa shape index (κ3) is 5.65. The zero-order valence-electron chi connectivity index (χ0n) is 12.8. The minimum absolute atomic E-state index is 0.257. The Labute approximate surface area is 128 Å². The molecule has 1 heterocycles. The first-order chi connectivity index (χ1) is 9.78. The van der Waals surface area contributed by atoms with E-state index in [0.29, 0.717) is 17.0 Å². The lowest BCUT2D eigenvalue weighted by Gasteiger charge is -2.29. The molecule has 2 fully saturated rings. The summed E-state index contributed by atoms with van der Waals surface area (Å²) in [5, 5.41) is 7.30. The van der Waals surface area contributed by atoms with Gasteiger partial charge in [0.05, 0.1) is 5.75 Å². The molecule has 0 bridgehead atoms. The number of hydrogen-bond donors (Lipinski definition) is 2. The van der Waals surface area contributed by atoms with Gasteiger partial charge in [0.15, 0.2) is 0 Å². The van der Waals surface area contributed by atoms with Gasteiger partial charge in [0, 0.05) is 11.3 Å². The Balaban J connectivity index is 1.57. The van der Waals surface area contributed by atoms with Crippen LogP contribution < -0.4 is 10.6 Å². The van der Waals surface area contributed by atoms with Crippen molar-refractivity contribution in [3.8, 4) is 0 Å². The number of carbonyl (C=O) groups is 1. The molecule has 0 aromatic heterocycles. The monoisotopic (exact) mass is 298 g/mol. The van der Waals surface area contributed by atoms with Crippen LogP contribution in [-0.4, -0.2) is 36.0 Å². The van der Waals surface area contributed by atoms with Gasteiger partial charge in [0.1, 0.15) is 0 Å². The normalized spacial score (nSPS) is 28.2. The third-order valence-corrected chi connectivity index (χ3v) is 6.02. The van der Waals surface area contributed by atoms with E-state index in [9.17, 15) is 4.79 Å². The van der Waals surface area contributed by atoms with Gasteiger partial charge in [-0.15, -0.1) is 11.8 Å². The van der Waals surface area contributed by atoms with Gasteiger partial charge >= 0.3 is 0 Å². The number of hydrogen-bond acceptors (Lipinski definition) is 3. The highest BCUT2D eigenvalue weighted by atomic mass is 32.2. The van der Waals surface area contributed by atoms with Crippen molar-refractivity contribution in [3.05, 3.63) is 0 Å². The summed E-state index contributed by atoms with van der Waals surface area (Å²) in [7, 11) is 0. The van der Waals surface area contributed by atoms with Gasteiger partial charge in [-0.05, 0) is 57.5 Å². The first-order valence-corrected chi connectivity index (χ1v) is 9.44. The second-order valence-electron chi connectivity index (χ2n) is 6.33. The topological polar surface area (TPSA) is 41.1 Å². The maximum absolute atomic E-state index is 12.0. The molecule has 1 aliphatic carbocycles. The number of carbonyl (C=O) groups excluding carboxylic acids is 1. The lowest BCUT2D eigenvalue weighted by atomic mass is 9.83. The van der Waals surface area contributed by atoms with Crippen LogP contribution in [0.1, 0.15) is 58.3 Å². The SMILES string of the molecule is CCCC1CCC(NC(=O)CSC2CCNCC2)CC1. The van der Waals surface area contributed by atoms with Crippen LogP contribution in [0, 0.1) is 5.92 Å². The van der Waals surface area contributed by atoms with E-state index in [4.69, 9.17) is 0 Å². The molecule has 0 spiro atoms. The predicted octanol–water partition coefficient (Wildman–Crippen LogP) is 2.95. The fourth-order valence-corrected chi connectivity index (χ4v) is 4.47. The Kier molecular flexibility index (Phi) is 7.22. The molecule has 1 saturated heterocycles. The van der Waals surface area contributed by atoms with E-state index in [1.54, 1.807) is 0 Å². The maximum Gasteiger partial charge on any atom is 0.230 e. The molecule has 0 unspecified atom stereocenters. The van der Waals surface area contributed by atoms with E-state index in [1.165, 1.54) is 51.4 Å². The van der Waals surface area contributed by atoms with Crippen molar-refractivity contribution in [2.45, 2.75) is 69.6 Å². The molecule has 3 nitrogen and oxygen atoms in total. The van der Waals surface area contributed by atoms with Gasteiger partial charge in [-0.1, -0.05) is 19.8 Å². The van der Waals surface area contributed by atoms with Crippen LogP contribution in [0.5, 0.6) is 0 Å². The summed E-state index contributed by atoms with van der Waals surface area (Å²) >= 11 is 1.85. The number of amides is 1. The van der Waals surface area contributed by atoms with Crippen molar-refractivity contribution in [1.29, 1.82) is 0 Å². The van der Waals surface area contributed by atoms with Gasteiger partial charge in [0.2, 0.25) is 5.91 Å². The Bertz CT molecular complexity index is 284. The molecule has 0 atom stereocenters. The zero-order chi connectivity index (χ0) is 14.2. The fraction of sp³-hybridized carbons (Fsp3) is 0.938. The van der Waals surface area contributed by atoms with Crippen molar-refractivity contribution < 1.29 is 4.79 Å². The summed E-state index contributed by atoms with van der Waals surface area (Å²) in [6, 6.07) is 0.448. The van der Waals surface area contributed by atoms with Crippen LogP contribution in [0.3, 0.4) is 0 Å². The number of nitrogens with one attached hydrogen (secondary N) is 2. The van der Waals surface area contributed by atoms with Crippen molar-refractivity contribution >= 4 is 17.7 Å². The fourth-order valence-electron chi connectivity index (χ4n) is 3.43. The summed E-state index contributed by atoms with van der Waals surface area (Å²) in [6.45, 7) is 4.49. The number of thioether (sulfide) groups is 1. The summed E-state index contributed by atoms with van der Waals surface area (Å²) in [6.07, 6.45) is 10.1.